The minimum atomic E-state index is -2.97. The van der Waals surface area contributed by atoms with Crippen molar-refractivity contribution in [3.63, 3.8) is 0 Å². The Kier molecular flexibility index (Phi) is 8.19. The first-order chi connectivity index (χ1) is 9.70. The van der Waals surface area contributed by atoms with Crippen LogP contribution in [0.15, 0.2) is 35.5 Å². The van der Waals surface area contributed by atoms with Gasteiger partial charge in [0.1, 0.15) is 6.61 Å². The Bertz CT molecular complexity index is 426. The predicted molar refractivity (Wildman–Crippen MR) is 80.1 cm³/mol. The topological polar surface area (TPSA) is 57.1 Å². The fourth-order valence-corrected chi connectivity index (χ4v) is 3.12. The van der Waals surface area contributed by atoms with Crippen molar-refractivity contribution in [2.75, 3.05) is 19.4 Å². The molecule has 0 N–H and O–H groups in total. The molecule has 20 heavy (non-hydrogen) atoms. The van der Waals surface area contributed by atoms with Gasteiger partial charge >= 0.3 is 7.60 Å². The van der Waals surface area contributed by atoms with Gasteiger partial charge in [-0.15, -0.1) is 0 Å². The maximum Gasteiger partial charge on any atom is 0.331 e. The monoisotopic (exact) mass is 299 g/mol. The molecule has 0 bridgehead atoms. The summed E-state index contributed by atoms with van der Waals surface area (Å²) in [5.41, 5.74) is 1.05. The molecule has 112 valence electrons. The minimum absolute atomic E-state index is 0.312. The molecular weight excluding hydrogens is 277 g/mol. The molecule has 1 aromatic rings. The summed E-state index contributed by atoms with van der Waals surface area (Å²) < 4.78 is 22.5. The number of nitrogens with zero attached hydrogens (tertiary/aromatic N) is 1. The van der Waals surface area contributed by atoms with E-state index in [0.717, 1.165) is 5.56 Å². The third-order valence-corrected chi connectivity index (χ3v) is 4.52. The van der Waals surface area contributed by atoms with E-state index < -0.39 is 7.60 Å². The van der Waals surface area contributed by atoms with Crippen LogP contribution in [-0.4, -0.2) is 25.6 Å². The van der Waals surface area contributed by atoms with Crippen molar-refractivity contribution >= 4 is 13.8 Å². The number of hydrogen-bond donors (Lipinski definition) is 0. The lowest BCUT2D eigenvalue weighted by molar-refractivity contribution is 0.131. The van der Waals surface area contributed by atoms with Gasteiger partial charge in [-0.2, -0.15) is 0 Å². The van der Waals surface area contributed by atoms with Gasteiger partial charge in [-0.25, -0.2) is 0 Å². The molecule has 0 aliphatic rings. The fourth-order valence-electron chi connectivity index (χ4n) is 1.57. The first-order valence-electron chi connectivity index (χ1n) is 6.76. The SMILES string of the molecule is CCOP(=O)(CC/C=N\OCc1ccccc1)OCC. The average Bonchev–Trinajstić information content (AvgIpc) is 2.44. The predicted octanol–water partition coefficient (Wildman–Crippen LogP) is 3.85. The van der Waals surface area contributed by atoms with Crippen molar-refractivity contribution < 1.29 is 18.5 Å². The van der Waals surface area contributed by atoms with Crippen LogP contribution in [0.4, 0.5) is 0 Å². The molecule has 0 radical (unpaired) electrons. The summed E-state index contributed by atoms with van der Waals surface area (Å²) in [7, 11) is -2.97. The zero-order chi connectivity index (χ0) is 14.7. The average molecular weight is 299 g/mol. The van der Waals surface area contributed by atoms with Gasteiger partial charge in [-0.1, -0.05) is 35.5 Å². The lowest BCUT2D eigenvalue weighted by Gasteiger charge is -2.15. The number of oxime groups is 1. The van der Waals surface area contributed by atoms with Crippen molar-refractivity contribution in [1.29, 1.82) is 0 Å². The Morgan fingerprint density at radius 2 is 1.80 bits per heavy atom. The summed E-state index contributed by atoms with van der Waals surface area (Å²) in [4.78, 5) is 5.15. The van der Waals surface area contributed by atoms with Crippen LogP contribution in [0.25, 0.3) is 0 Å². The van der Waals surface area contributed by atoms with Gasteiger partial charge in [-0.3, -0.25) is 4.57 Å². The van der Waals surface area contributed by atoms with Crippen molar-refractivity contribution in [2.24, 2.45) is 5.16 Å². The van der Waals surface area contributed by atoms with Crippen LogP contribution in [0.1, 0.15) is 25.8 Å². The van der Waals surface area contributed by atoms with Crippen molar-refractivity contribution in [3.8, 4) is 0 Å². The van der Waals surface area contributed by atoms with E-state index in [0.29, 0.717) is 32.4 Å². The van der Waals surface area contributed by atoms with Crippen LogP contribution in [0, 0.1) is 0 Å². The highest BCUT2D eigenvalue weighted by molar-refractivity contribution is 7.53. The van der Waals surface area contributed by atoms with Crippen LogP contribution in [0.3, 0.4) is 0 Å². The zero-order valence-corrected chi connectivity index (χ0v) is 12.9. The molecule has 0 saturated carbocycles. The highest BCUT2D eigenvalue weighted by atomic mass is 31.2. The lowest BCUT2D eigenvalue weighted by atomic mass is 10.2. The second-order valence-electron chi connectivity index (χ2n) is 4.01. The van der Waals surface area contributed by atoms with Gasteiger partial charge in [0, 0.05) is 6.21 Å². The molecule has 0 amide bonds. The largest absolute Gasteiger partial charge is 0.391 e. The number of benzene rings is 1. The molecule has 1 aromatic carbocycles. The molecular formula is C14H22NO4P. The Morgan fingerprint density at radius 3 is 2.40 bits per heavy atom. The quantitative estimate of drug-likeness (QED) is 0.374. The second kappa shape index (κ2) is 9.70. The van der Waals surface area contributed by atoms with Gasteiger partial charge in [0.25, 0.3) is 0 Å². The summed E-state index contributed by atoms with van der Waals surface area (Å²) in [6, 6.07) is 9.78. The molecule has 0 aliphatic heterocycles. The van der Waals surface area contributed by atoms with Crippen LogP contribution in [0.5, 0.6) is 0 Å². The third kappa shape index (κ3) is 6.85. The summed E-state index contributed by atoms with van der Waals surface area (Å²) in [6.07, 6.45) is 2.40. The van der Waals surface area contributed by atoms with E-state index in [1.54, 1.807) is 20.1 Å². The van der Waals surface area contributed by atoms with E-state index in [-0.39, 0.29) is 0 Å². The van der Waals surface area contributed by atoms with Crippen LogP contribution in [0.2, 0.25) is 0 Å². The van der Waals surface area contributed by atoms with Crippen molar-refractivity contribution in [1.82, 2.24) is 0 Å². The van der Waals surface area contributed by atoms with Crippen molar-refractivity contribution in [2.45, 2.75) is 26.9 Å². The van der Waals surface area contributed by atoms with Gasteiger partial charge in [0.05, 0.1) is 19.4 Å². The van der Waals surface area contributed by atoms with Gasteiger partial charge in [0.2, 0.25) is 0 Å². The maximum absolute atomic E-state index is 12.1. The molecule has 5 nitrogen and oxygen atoms in total. The van der Waals surface area contributed by atoms with E-state index in [4.69, 9.17) is 13.9 Å². The molecule has 0 fully saturated rings. The van der Waals surface area contributed by atoms with E-state index >= 15 is 0 Å². The summed E-state index contributed by atoms with van der Waals surface area (Å²) in [5, 5.41) is 3.83. The molecule has 0 atom stereocenters. The molecule has 0 spiro atoms. The van der Waals surface area contributed by atoms with Gasteiger partial charge < -0.3 is 13.9 Å². The Labute approximate surface area is 120 Å². The highest BCUT2D eigenvalue weighted by Crippen LogP contribution is 2.48. The second-order valence-corrected chi connectivity index (χ2v) is 6.19. The van der Waals surface area contributed by atoms with Crippen LogP contribution in [-0.2, 0) is 25.1 Å². The van der Waals surface area contributed by atoms with Crippen LogP contribution >= 0.6 is 7.60 Å². The molecule has 0 unspecified atom stereocenters. The molecule has 0 saturated heterocycles. The Balaban J connectivity index is 2.25. The summed E-state index contributed by atoms with van der Waals surface area (Å²) in [5.74, 6) is 0. The number of hydrogen-bond acceptors (Lipinski definition) is 5. The van der Waals surface area contributed by atoms with Gasteiger partial charge in [-0.05, 0) is 25.8 Å². The van der Waals surface area contributed by atoms with Crippen LogP contribution < -0.4 is 0 Å². The number of rotatable bonds is 10. The minimum Gasteiger partial charge on any atom is -0.391 e. The lowest BCUT2D eigenvalue weighted by Crippen LogP contribution is -2.00. The van der Waals surface area contributed by atoms with E-state index in [1.165, 1.54) is 0 Å². The highest BCUT2D eigenvalue weighted by Gasteiger charge is 2.21. The molecule has 6 heteroatoms. The summed E-state index contributed by atoms with van der Waals surface area (Å²) in [6.45, 7) is 4.76. The third-order valence-electron chi connectivity index (χ3n) is 2.41. The zero-order valence-electron chi connectivity index (χ0n) is 12.0. The molecule has 0 heterocycles. The first-order valence-corrected chi connectivity index (χ1v) is 8.49. The van der Waals surface area contributed by atoms with E-state index in [2.05, 4.69) is 5.16 Å². The smallest absolute Gasteiger partial charge is 0.331 e. The first kappa shape index (κ1) is 16.9. The molecule has 1 rings (SSSR count). The fraction of sp³-hybridized carbons (Fsp3) is 0.500. The Hall–Kier alpha value is -1.16. The maximum atomic E-state index is 12.1. The van der Waals surface area contributed by atoms with E-state index in [1.807, 2.05) is 30.3 Å². The normalized spacial score (nSPS) is 11.9. The summed E-state index contributed by atoms with van der Waals surface area (Å²) >= 11 is 0. The van der Waals surface area contributed by atoms with E-state index in [9.17, 15) is 4.57 Å². The van der Waals surface area contributed by atoms with Crippen molar-refractivity contribution in [3.05, 3.63) is 35.9 Å². The van der Waals surface area contributed by atoms with Gasteiger partial charge in [0.15, 0.2) is 0 Å². The molecule has 0 aliphatic carbocycles. The molecule has 0 aromatic heterocycles. The standard InChI is InChI=1S/C14H22NO4P/c1-3-18-20(16,19-4-2)12-8-11-15-17-13-14-9-6-5-7-10-14/h5-7,9-11H,3-4,8,12-13H2,1-2H3/b15-11-. The Morgan fingerprint density at radius 1 is 1.15 bits per heavy atom.